The Labute approximate surface area is 153 Å². The van der Waals surface area contributed by atoms with Gasteiger partial charge in [0.15, 0.2) is 0 Å². The Morgan fingerprint density at radius 2 is 1.88 bits per heavy atom. The van der Waals surface area contributed by atoms with Crippen LogP contribution in [0.1, 0.15) is 33.3 Å². The number of carbonyl (C=O) groups excluding carboxylic acids is 1. The quantitative estimate of drug-likeness (QED) is 0.768. The molecule has 0 radical (unpaired) electrons. The van der Waals surface area contributed by atoms with Crippen molar-refractivity contribution in [2.45, 2.75) is 33.1 Å². The number of hydrogen-bond acceptors (Lipinski definition) is 4. The number of ketones is 1. The van der Waals surface area contributed by atoms with E-state index in [1.54, 1.807) is 0 Å². The molecule has 2 heterocycles. The Bertz CT molecular complexity index is 1020. The average Bonchev–Trinajstić information content (AvgIpc) is 3.01. The number of carbonyl (C=O) groups is 1. The van der Waals surface area contributed by atoms with Gasteiger partial charge in [-0.3, -0.25) is 9.79 Å². The van der Waals surface area contributed by atoms with E-state index < -0.39 is 0 Å². The fraction of sp³-hybridized carbons (Fsp3) is 0.273. The number of Topliss-reactive ketones (excluding diaryl/α,β-unsaturated/α-hetero) is 1. The highest BCUT2D eigenvalue weighted by Crippen LogP contribution is 2.48. The molecule has 4 heteroatoms. The molecule has 0 bridgehead atoms. The van der Waals surface area contributed by atoms with Gasteiger partial charge in [-0.05, 0) is 43.2 Å². The van der Waals surface area contributed by atoms with Gasteiger partial charge in [0.1, 0.15) is 5.76 Å². The third-order valence-electron chi connectivity index (χ3n) is 5.51. The van der Waals surface area contributed by atoms with Crippen LogP contribution in [0.15, 0.2) is 75.3 Å². The van der Waals surface area contributed by atoms with Crippen LogP contribution >= 0.6 is 0 Å². The van der Waals surface area contributed by atoms with Gasteiger partial charge in [-0.25, -0.2) is 0 Å². The summed E-state index contributed by atoms with van der Waals surface area (Å²) < 4.78 is 0. The van der Waals surface area contributed by atoms with Crippen molar-refractivity contribution in [1.82, 2.24) is 0 Å². The molecule has 0 spiro atoms. The highest BCUT2D eigenvalue weighted by Gasteiger charge is 2.42. The fourth-order valence-corrected chi connectivity index (χ4v) is 4.10. The van der Waals surface area contributed by atoms with Gasteiger partial charge in [-0.15, -0.1) is 0 Å². The van der Waals surface area contributed by atoms with E-state index in [0.29, 0.717) is 16.8 Å². The van der Waals surface area contributed by atoms with Crippen LogP contribution in [0.3, 0.4) is 0 Å². The molecule has 0 unspecified atom stereocenters. The van der Waals surface area contributed by atoms with Gasteiger partial charge in [-0.2, -0.15) is 0 Å². The maximum Gasteiger partial charge on any atom is 0.202 e. The molecule has 2 aliphatic heterocycles. The molecule has 1 aromatic rings. The largest absolute Gasteiger partial charge is 0.506 e. The first-order chi connectivity index (χ1) is 12.2. The summed E-state index contributed by atoms with van der Waals surface area (Å²) in [6.07, 6.45) is 3.75. The summed E-state index contributed by atoms with van der Waals surface area (Å²) in [6, 6.07) is 8.23. The molecule has 1 N–H and O–H groups in total. The number of aliphatic hydroxyl groups excluding tert-OH is 1. The molecule has 1 aliphatic carbocycles. The molecule has 3 aliphatic rings. The Balaban J connectivity index is 1.81. The Morgan fingerprint density at radius 1 is 1.19 bits per heavy atom. The number of aliphatic imine (C=N–C) groups is 1. The first-order valence-corrected chi connectivity index (χ1v) is 8.75. The molecular weight excluding hydrogens is 324 g/mol. The molecule has 0 saturated carbocycles. The summed E-state index contributed by atoms with van der Waals surface area (Å²) in [6.45, 7) is 8.07. The van der Waals surface area contributed by atoms with E-state index in [1.807, 2.05) is 45.2 Å². The topological polar surface area (TPSA) is 52.9 Å². The van der Waals surface area contributed by atoms with Crippen molar-refractivity contribution >= 4 is 17.2 Å². The highest BCUT2D eigenvalue weighted by atomic mass is 16.3. The second kappa shape index (κ2) is 5.31. The van der Waals surface area contributed by atoms with E-state index in [4.69, 9.17) is 0 Å². The second-order valence-corrected chi connectivity index (χ2v) is 7.63. The van der Waals surface area contributed by atoms with E-state index >= 15 is 0 Å². The summed E-state index contributed by atoms with van der Waals surface area (Å²) in [5.41, 5.74) is 6.16. The van der Waals surface area contributed by atoms with Crippen molar-refractivity contribution in [1.29, 1.82) is 0 Å². The van der Waals surface area contributed by atoms with Crippen molar-refractivity contribution in [2.75, 3.05) is 11.9 Å². The zero-order valence-corrected chi connectivity index (χ0v) is 15.7. The van der Waals surface area contributed by atoms with Gasteiger partial charge in [0.2, 0.25) is 5.78 Å². The van der Waals surface area contributed by atoms with Crippen LogP contribution < -0.4 is 4.90 Å². The minimum absolute atomic E-state index is 0.0452. The normalized spacial score (nSPS) is 25.5. The predicted octanol–water partition coefficient (Wildman–Crippen LogP) is 4.37. The zero-order chi connectivity index (χ0) is 18.8. The Morgan fingerprint density at radius 3 is 2.46 bits per heavy atom. The monoisotopic (exact) mass is 346 g/mol. The lowest BCUT2D eigenvalue weighted by molar-refractivity contribution is -0.113. The van der Waals surface area contributed by atoms with Crippen molar-refractivity contribution in [3.63, 3.8) is 0 Å². The fourth-order valence-electron chi connectivity index (χ4n) is 4.10. The molecule has 0 atom stereocenters. The van der Waals surface area contributed by atoms with E-state index in [-0.39, 0.29) is 17.0 Å². The number of rotatable bonds is 1. The number of likely N-dealkylation sites (N-methyl/N-ethyl adjacent to an activating group) is 1. The van der Waals surface area contributed by atoms with Crippen LogP contribution in [0.25, 0.3) is 0 Å². The van der Waals surface area contributed by atoms with Crippen LogP contribution in [0.4, 0.5) is 5.69 Å². The van der Waals surface area contributed by atoms with Gasteiger partial charge < -0.3 is 10.0 Å². The molecule has 0 fully saturated rings. The second-order valence-electron chi connectivity index (χ2n) is 7.63. The van der Waals surface area contributed by atoms with Gasteiger partial charge in [0.25, 0.3) is 0 Å². The predicted molar refractivity (Wildman–Crippen MR) is 105 cm³/mol. The molecular formula is C22H22N2O2. The minimum atomic E-state index is -0.236. The van der Waals surface area contributed by atoms with E-state index in [2.05, 4.69) is 35.9 Å². The third-order valence-corrected chi connectivity index (χ3v) is 5.51. The lowest BCUT2D eigenvalue weighted by Gasteiger charge is -2.27. The van der Waals surface area contributed by atoms with E-state index in [1.165, 1.54) is 5.56 Å². The first-order valence-electron chi connectivity index (χ1n) is 8.75. The lowest BCUT2D eigenvalue weighted by Crippen LogP contribution is -2.27. The number of fused-ring (bicyclic) bond motifs is 1. The Hall–Kier alpha value is -2.88. The maximum absolute atomic E-state index is 12.8. The summed E-state index contributed by atoms with van der Waals surface area (Å²) in [5, 5.41) is 10.6. The minimum Gasteiger partial charge on any atom is -0.506 e. The van der Waals surface area contributed by atoms with Gasteiger partial charge in [0.05, 0.1) is 16.8 Å². The number of para-hydroxylation sites is 1. The summed E-state index contributed by atoms with van der Waals surface area (Å²) in [7, 11) is 2.00. The number of allylic oxidation sites excluding steroid dienone is 6. The molecule has 132 valence electrons. The van der Waals surface area contributed by atoms with Gasteiger partial charge in [-0.1, -0.05) is 32.0 Å². The first kappa shape index (κ1) is 16.6. The number of aliphatic hydroxyl groups is 1. The number of anilines is 1. The number of nitrogens with zero attached hydrogens (tertiary/aromatic N) is 2. The van der Waals surface area contributed by atoms with Crippen molar-refractivity contribution in [2.24, 2.45) is 4.99 Å². The molecule has 0 saturated heterocycles. The number of benzene rings is 1. The standard InChI is InChI=1S/C22H22N2O2/c1-12-10-13(2)23-19(12)18-20(25)14(21(18)26)11-17-22(3,4)15-8-6-7-9-16(15)24(17)5/h6-11,25H,1-5H3/b17-11-,19-18-. The van der Waals surface area contributed by atoms with Crippen LogP contribution in [0.5, 0.6) is 0 Å². The van der Waals surface area contributed by atoms with Gasteiger partial charge in [0, 0.05) is 29.6 Å². The maximum atomic E-state index is 12.8. The third kappa shape index (κ3) is 2.08. The molecule has 4 rings (SSSR count). The van der Waals surface area contributed by atoms with Crippen molar-refractivity contribution < 1.29 is 9.90 Å². The summed E-state index contributed by atoms with van der Waals surface area (Å²) >= 11 is 0. The van der Waals surface area contributed by atoms with Crippen LogP contribution in [0.2, 0.25) is 0 Å². The number of hydrogen-bond donors (Lipinski definition) is 1. The summed E-state index contributed by atoms with van der Waals surface area (Å²) in [5.74, 6) is -0.0970. The van der Waals surface area contributed by atoms with E-state index in [9.17, 15) is 9.90 Å². The highest BCUT2D eigenvalue weighted by molar-refractivity contribution is 6.22. The van der Waals surface area contributed by atoms with Crippen molar-refractivity contribution in [3.8, 4) is 0 Å². The SMILES string of the molecule is CC1=CC(C)=N/C1=C1\C(=O)C(/C=C2\N(C)c3ccccc3C2(C)C)=C1O. The van der Waals surface area contributed by atoms with Gasteiger partial charge >= 0.3 is 0 Å². The average molecular weight is 346 g/mol. The van der Waals surface area contributed by atoms with E-state index in [0.717, 1.165) is 22.7 Å². The molecule has 0 aromatic heterocycles. The smallest absolute Gasteiger partial charge is 0.202 e. The Kier molecular flexibility index (Phi) is 3.38. The summed E-state index contributed by atoms with van der Waals surface area (Å²) in [4.78, 5) is 19.2. The zero-order valence-electron chi connectivity index (χ0n) is 15.7. The molecule has 4 nitrogen and oxygen atoms in total. The molecule has 1 aromatic carbocycles. The molecule has 26 heavy (non-hydrogen) atoms. The van der Waals surface area contributed by atoms with Crippen molar-refractivity contribution in [3.05, 3.63) is 75.9 Å². The molecule has 0 amide bonds. The van der Waals surface area contributed by atoms with Crippen LogP contribution in [-0.4, -0.2) is 23.6 Å². The van der Waals surface area contributed by atoms with Crippen LogP contribution in [-0.2, 0) is 10.2 Å². The van der Waals surface area contributed by atoms with Crippen LogP contribution in [0, 0.1) is 0 Å². The lowest BCUT2D eigenvalue weighted by atomic mass is 9.80.